The van der Waals surface area contributed by atoms with Gasteiger partial charge in [0.05, 0.1) is 16.1 Å². The van der Waals surface area contributed by atoms with E-state index in [1.807, 2.05) is 13.8 Å². The molecule has 0 radical (unpaired) electrons. The van der Waals surface area contributed by atoms with Crippen molar-refractivity contribution in [3.8, 4) is 0 Å². The maximum atomic E-state index is 13.1. The Morgan fingerprint density at radius 3 is 2.14 bits per heavy atom. The van der Waals surface area contributed by atoms with Crippen molar-refractivity contribution < 1.29 is 22.7 Å². The molecule has 1 amide bonds. The van der Waals surface area contributed by atoms with E-state index in [0.717, 1.165) is 0 Å². The fraction of sp³-hybridized carbons (Fsp3) is 0.333. The summed E-state index contributed by atoms with van der Waals surface area (Å²) < 4.78 is 32.5. The molecule has 0 aliphatic carbocycles. The minimum absolute atomic E-state index is 0.0206. The van der Waals surface area contributed by atoms with Gasteiger partial charge in [0.25, 0.3) is 15.9 Å². The third-order valence-corrected chi connectivity index (χ3v) is 6.33. The lowest BCUT2D eigenvalue weighted by Gasteiger charge is -2.23. The largest absolute Gasteiger partial charge is 0.452 e. The fourth-order valence-corrected chi connectivity index (χ4v) is 4.39. The molecular formula is C21H26N2O5S. The predicted octanol–water partition coefficient (Wildman–Crippen LogP) is 2.93. The summed E-state index contributed by atoms with van der Waals surface area (Å²) in [6.45, 7) is 6.30. The quantitative estimate of drug-likeness (QED) is 0.585. The number of ether oxygens (including phenoxy) is 1. The summed E-state index contributed by atoms with van der Waals surface area (Å²) in [4.78, 5) is 25.9. The molecule has 0 aromatic heterocycles. The highest BCUT2D eigenvalue weighted by Gasteiger charge is 2.25. The molecule has 8 heteroatoms. The van der Waals surface area contributed by atoms with Crippen molar-refractivity contribution in [1.82, 2.24) is 4.90 Å². The van der Waals surface area contributed by atoms with E-state index in [1.165, 1.54) is 28.6 Å². The molecular weight excluding hydrogens is 392 g/mol. The van der Waals surface area contributed by atoms with Crippen molar-refractivity contribution in [3.05, 3.63) is 60.2 Å². The molecule has 0 saturated heterocycles. The van der Waals surface area contributed by atoms with Crippen LogP contribution in [0.5, 0.6) is 0 Å². The highest BCUT2D eigenvalue weighted by molar-refractivity contribution is 7.92. The number of amides is 1. The standard InChI is InChI=1S/C21H26N2O5S/c1-4-22(5-2)20(24)16-28-21(25)17-11-10-14-19(15-17)29(26,27)23(6-3)18-12-8-7-9-13-18/h7-15H,4-6,16H2,1-3H3. The van der Waals surface area contributed by atoms with Gasteiger partial charge < -0.3 is 9.64 Å². The first-order valence-electron chi connectivity index (χ1n) is 9.47. The molecule has 0 spiro atoms. The molecule has 2 rings (SSSR count). The van der Waals surface area contributed by atoms with Crippen LogP contribution >= 0.6 is 0 Å². The number of hydrogen-bond donors (Lipinski definition) is 0. The average Bonchev–Trinajstić information content (AvgIpc) is 2.74. The van der Waals surface area contributed by atoms with E-state index in [4.69, 9.17) is 4.74 Å². The summed E-state index contributed by atoms with van der Waals surface area (Å²) in [5.74, 6) is -1.04. The number of likely N-dealkylation sites (N-methyl/N-ethyl adjacent to an activating group) is 1. The Morgan fingerprint density at radius 2 is 1.55 bits per heavy atom. The van der Waals surface area contributed by atoms with Crippen LogP contribution in [0.15, 0.2) is 59.5 Å². The van der Waals surface area contributed by atoms with Crippen molar-refractivity contribution in [2.75, 3.05) is 30.5 Å². The minimum atomic E-state index is -3.86. The molecule has 156 valence electrons. The van der Waals surface area contributed by atoms with E-state index in [2.05, 4.69) is 0 Å². The number of hydrogen-bond acceptors (Lipinski definition) is 5. The predicted molar refractivity (Wildman–Crippen MR) is 111 cm³/mol. The van der Waals surface area contributed by atoms with Gasteiger partial charge in [-0.1, -0.05) is 24.3 Å². The van der Waals surface area contributed by atoms with Crippen LogP contribution in [0, 0.1) is 0 Å². The van der Waals surface area contributed by atoms with Crippen LogP contribution in [0.3, 0.4) is 0 Å². The van der Waals surface area contributed by atoms with Crippen molar-refractivity contribution >= 4 is 27.6 Å². The molecule has 2 aromatic rings. The molecule has 0 saturated carbocycles. The highest BCUT2D eigenvalue weighted by atomic mass is 32.2. The summed E-state index contributed by atoms with van der Waals surface area (Å²) >= 11 is 0. The lowest BCUT2D eigenvalue weighted by molar-refractivity contribution is -0.134. The SMILES string of the molecule is CCN(CC)C(=O)COC(=O)c1cccc(S(=O)(=O)N(CC)c2ccccc2)c1. The Morgan fingerprint density at radius 1 is 0.897 bits per heavy atom. The zero-order chi connectivity index (χ0) is 21.4. The lowest BCUT2D eigenvalue weighted by atomic mass is 10.2. The van der Waals surface area contributed by atoms with Crippen molar-refractivity contribution in [2.45, 2.75) is 25.7 Å². The molecule has 0 aliphatic heterocycles. The molecule has 0 atom stereocenters. The number of nitrogens with zero attached hydrogens (tertiary/aromatic N) is 2. The van der Waals surface area contributed by atoms with Gasteiger partial charge in [-0.25, -0.2) is 13.2 Å². The lowest BCUT2D eigenvalue weighted by Crippen LogP contribution is -2.34. The van der Waals surface area contributed by atoms with Crippen molar-refractivity contribution in [3.63, 3.8) is 0 Å². The summed E-state index contributed by atoms with van der Waals surface area (Å²) in [7, 11) is -3.86. The monoisotopic (exact) mass is 418 g/mol. The van der Waals surface area contributed by atoms with Gasteiger partial charge in [-0.2, -0.15) is 0 Å². The van der Waals surface area contributed by atoms with Gasteiger partial charge in [0.2, 0.25) is 0 Å². The van der Waals surface area contributed by atoms with Crippen LogP contribution in [-0.2, 0) is 19.6 Å². The van der Waals surface area contributed by atoms with Crippen LogP contribution in [-0.4, -0.2) is 51.4 Å². The van der Waals surface area contributed by atoms with Crippen LogP contribution < -0.4 is 4.31 Å². The molecule has 0 heterocycles. The maximum Gasteiger partial charge on any atom is 0.338 e. The van der Waals surface area contributed by atoms with E-state index >= 15 is 0 Å². The summed E-state index contributed by atoms with van der Waals surface area (Å²) in [6, 6.07) is 14.4. The van der Waals surface area contributed by atoms with Gasteiger partial charge in [0.15, 0.2) is 6.61 Å². The molecule has 0 fully saturated rings. The number of benzene rings is 2. The van der Waals surface area contributed by atoms with Gasteiger partial charge in [-0.3, -0.25) is 9.10 Å². The van der Waals surface area contributed by atoms with Crippen molar-refractivity contribution in [2.24, 2.45) is 0 Å². The molecule has 0 bridgehead atoms. The third-order valence-electron chi connectivity index (χ3n) is 4.43. The zero-order valence-electron chi connectivity index (χ0n) is 16.9. The van der Waals surface area contributed by atoms with Crippen LogP contribution in [0.1, 0.15) is 31.1 Å². The first kappa shape index (κ1) is 22.4. The summed E-state index contributed by atoms with van der Waals surface area (Å²) in [5.41, 5.74) is 0.607. The number of esters is 1. The minimum Gasteiger partial charge on any atom is -0.452 e. The van der Waals surface area contributed by atoms with E-state index in [1.54, 1.807) is 42.2 Å². The Balaban J connectivity index is 2.21. The van der Waals surface area contributed by atoms with Crippen molar-refractivity contribution in [1.29, 1.82) is 0 Å². The van der Waals surface area contributed by atoms with E-state index in [-0.39, 0.29) is 29.5 Å². The van der Waals surface area contributed by atoms with Crippen LogP contribution in [0.2, 0.25) is 0 Å². The summed E-state index contributed by atoms with van der Waals surface area (Å²) in [6.07, 6.45) is 0. The number of carbonyl (C=O) groups excluding carboxylic acids is 2. The first-order valence-corrected chi connectivity index (χ1v) is 10.9. The normalized spacial score (nSPS) is 11.0. The van der Waals surface area contributed by atoms with Crippen LogP contribution in [0.25, 0.3) is 0 Å². The smallest absolute Gasteiger partial charge is 0.338 e. The number of carbonyl (C=O) groups is 2. The number of sulfonamides is 1. The first-order chi connectivity index (χ1) is 13.8. The summed E-state index contributed by atoms with van der Waals surface area (Å²) in [5, 5.41) is 0. The molecule has 29 heavy (non-hydrogen) atoms. The molecule has 0 aliphatic rings. The second-order valence-electron chi connectivity index (χ2n) is 6.18. The van der Waals surface area contributed by atoms with Crippen LogP contribution in [0.4, 0.5) is 5.69 Å². The molecule has 2 aromatic carbocycles. The molecule has 0 N–H and O–H groups in total. The molecule has 0 unspecified atom stereocenters. The number of rotatable bonds is 9. The second-order valence-corrected chi connectivity index (χ2v) is 8.04. The van der Waals surface area contributed by atoms with E-state index in [0.29, 0.717) is 18.8 Å². The number of para-hydroxylation sites is 1. The Hall–Kier alpha value is -2.87. The number of anilines is 1. The Bertz CT molecular complexity index is 941. The second kappa shape index (κ2) is 10.1. The Kier molecular flexibility index (Phi) is 7.78. The van der Waals surface area contributed by atoms with Gasteiger partial charge in [-0.15, -0.1) is 0 Å². The van der Waals surface area contributed by atoms with E-state index in [9.17, 15) is 18.0 Å². The fourth-order valence-electron chi connectivity index (χ4n) is 2.87. The average molecular weight is 419 g/mol. The maximum absolute atomic E-state index is 13.1. The van der Waals surface area contributed by atoms with Gasteiger partial charge >= 0.3 is 5.97 Å². The van der Waals surface area contributed by atoms with Gasteiger partial charge in [0.1, 0.15) is 0 Å². The highest BCUT2D eigenvalue weighted by Crippen LogP contribution is 2.24. The Labute approximate surface area is 171 Å². The van der Waals surface area contributed by atoms with Gasteiger partial charge in [-0.05, 0) is 51.1 Å². The van der Waals surface area contributed by atoms with E-state index < -0.39 is 16.0 Å². The molecule has 7 nitrogen and oxygen atoms in total. The third kappa shape index (κ3) is 5.35. The van der Waals surface area contributed by atoms with Gasteiger partial charge in [0, 0.05) is 19.6 Å². The zero-order valence-corrected chi connectivity index (χ0v) is 17.7. The topological polar surface area (TPSA) is 84.0 Å².